The second kappa shape index (κ2) is 12.6. The van der Waals surface area contributed by atoms with Crippen LogP contribution in [-0.4, -0.2) is 26.9 Å². The molecule has 1 aliphatic carbocycles. The molecular formula is C63H36B4N2O4. The van der Waals surface area contributed by atoms with Gasteiger partial charge in [0.05, 0.1) is 0 Å². The van der Waals surface area contributed by atoms with Crippen molar-refractivity contribution < 1.29 is 18.9 Å². The molecule has 334 valence electrons. The molecule has 8 aliphatic heterocycles. The third kappa shape index (κ3) is 4.36. The number of rotatable bonds is 0. The van der Waals surface area contributed by atoms with Gasteiger partial charge in [-0.3, -0.25) is 0 Å². The first-order chi connectivity index (χ1) is 36.0. The van der Waals surface area contributed by atoms with Crippen molar-refractivity contribution in [3.63, 3.8) is 0 Å². The van der Waals surface area contributed by atoms with E-state index in [1.54, 1.807) is 0 Å². The highest BCUT2D eigenvalue weighted by atomic mass is 16.5. The SMILES string of the molecule is CC1(C)c2cc3c(cc2-c2cc4c(cc21)Oc1cc2c5c6c1B4c1ccccc1N6c1ccccc1B5c1ccccc1O2)B1c2ccccc2N2c4ccccc4B4c5ccccc5Oc5cc(c1c2c54)O3. The summed E-state index contributed by atoms with van der Waals surface area (Å²) in [5.74, 6) is 7.01. The third-order valence-corrected chi connectivity index (χ3v) is 18.1. The smallest absolute Gasteiger partial charge is 0.256 e. The summed E-state index contributed by atoms with van der Waals surface area (Å²) in [5, 5.41) is 0. The van der Waals surface area contributed by atoms with Crippen LogP contribution >= 0.6 is 0 Å². The fourth-order valence-electron chi connectivity index (χ4n) is 15.2. The molecule has 0 amide bonds. The van der Waals surface area contributed by atoms with Gasteiger partial charge in [-0.2, -0.15) is 0 Å². The average Bonchev–Trinajstić information content (AvgIpc) is 3.64. The minimum absolute atomic E-state index is 0.0206. The first-order valence-electron chi connectivity index (χ1n) is 25.6. The van der Waals surface area contributed by atoms with Gasteiger partial charge in [-0.05, 0) is 136 Å². The maximum absolute atomic E-state index is 7.32. The number of para-hydroxylation sites is 6. The van der Waals surface area contributed by atoms with E-state index in [9.17, 15) is 0 Å². The molecular weight excluding hydrogens is 892 g/mol. The highest BCUT2D eigenvalue weighted by Gasteiger charge is 2.54. The molecule has 0 spiro atoms. The standard InChI is InChI=1S/C63H36B4N2O4/c1-63(2)35-29-51-43(66-39-17-5-11-23-47(39)68-45-21-9-3-15-37(45)64-41-19-7-13-25-49(41)70-53-31-55(72-51)59(66)61(68)57(53)64)27-33(35)34-28-44-52(30-36(34)63)73-56-32-54-58-62-60(56)67(44)40-18-6-12-24-48(40)69(62)46-22-10-4-16-38(46)65(58)42-20-8-14-26-50(42)71-54/h3-32H,1-2H3. The van der Waals surface area contributed by atoms with Crippen LogP contribution in [0.3, 0.4) is 0 Å². The largest absolute Gasteiger partial charge is 0.458 e. The monoisotopic (exact) mass is 928 g/mol. The van der Waals surface area contributed by atoms with Crippen LogP contribution in [0.15, 0.2) is 182 Å². The summed E-state index contributed by atoms with van der Waals surface area (Å²) < 4.78 is 28.4. The Labute approximate surface area is 422 Å². The molecule has 0 N–H and O–H groups in total. The number of ether oxygens (including phenoxy) is 4. The van der Waals surface area contributed by atoms with Crippen molar-refractivity contribution in [2.24, 2.45) is 0 Å². The Kier molecular flexibility index (Phi) is 6.58. The number of hydrogen-bond donors (Lipinski definition) is 0. The molecule has 10 aromatic rings. The highest BCUT2D eigenvalue weighted by Crippen LogP contribution is 2.54. The van der Waals surface area contributed by atoms with E-state index in [1.165, 1.54) is 122 Å². The molecule has 0 radical (unpaired) electrons. The normalized spacial score (nSPS) is 15.9. The summed E-state index contributed by atoms with van der Waals surface area (Å²) in [5.41, 5.74) is 26.5. The molecule has 0 saturated carbocycles. The van der Waals surface area contributed by atoms with Gasteiger partial charge in [0.25, 0.3) is 26.9 Å². The third-order valence-electron chi connectivity index (χ3n) is 18.1. The zero-order chi connectivity index (χ0) is 47.3. The second-order valence-corrected chi connectivity index (χ2v) is 21.7. The molecule has 73 heavy (non-hydrogen) atoms. The number of anilines is 6. The van der Waals surface area contributed by atoms with Crippen molar-refractivity contribution in [1.29, 1.82) is 0 Å². The van der Waals surface area contributed by atoms with Crippen LogP contribution in [0.4, 0.5) is 34.1 Å². The predicted molar refractivity (Wildman–Crippen MR) is 298 cm³/mol. The van der Waals surface area contributed by atoms with Crippen molar-refractivity contribution in [2.75, 3.05) is 9.80 Å². The molecule has 19 rings (SSSR count). The molecule has 6 nitrogen and oxygen atoms in total. The quantitative estimate of drug-likeness (QED) is 0.159. The molecule has 0 fully saturated rings. The molecule has 10 heteroatoms. The van der Waals surface area contributed by atoms with Gasteiger partial charge >= 0.3 is 0 Å². The van der Waals surface area contributed by atoms with Gasteiger partial charge in [-0.25, -0.2) is 0 Å². The molecule has 9 aliphatic rings. The maximum Gasteiger partial charge on any atom is 0.256 e. The minimum atomic E-state index is -0.359. The van der Waals surface area contributed by atoms with Crippen LogP contribution < -0.4 is 94.3 Å². The lowest BCUT2D eigenvalue weighted by atomic mass is 9.29. The van der Waals surface area contributed by atoms with Crippen molar-refractivity contribution in [3.05, 3.63) is 193 Å². The number of nitrogens with zero attached hydrogens (tertiary/aromatic N) is 2. The lowest BCUT2D eigenvalue weighted by Gasteiger charge is -2.47. The Morgan fingerprint density at radius 1 is 0.301 bits per heavy atom. The second-order valence-electron chi connectivity index (χ2n) is 21.7. The Bertz CT molecular complexity index is 4070. The zero-order valence-electron chi connectivity index (χ0n) is 39.7. The Morgan fingerprint density at radius 3 is 0.973 bits per heavy atom. The molecule has 0 saturated heterocycles. The van der Waals surface area contributed by atoms with Crippen LogP contribution in [0, 0.1) is 0 Å². The van der Waals surface area contributed by atoms with E-state index >= 15 is 0 Å². The summed E-state index contributed by atoms with van der Waals surface area (Å²) in [6, 6.07) is 67.0. The lowest BCUT2D eigenvalue weighted by Crippen LogP contribution is -2.67. The summed E-state index contributed by atoms with van der Waals surface area (Å²) in [6.45, 7) is 4.62. The van der Waals surface area contributed by atoms with Crippen LogP contribution in [0.2, 0.25) is 0 Å². The number of hydrogen-bond acceptors (Lipinski definition) is 6. The fraction of sp³-hybridized carbons (Fsp3) is 0.0476. The van der Waals surface area contributed by atoms with E-state index in [4.69, 9.17) is 18.9 Å². The number of benzene rings is 10. The van der Waals surface area contributed by atoms with Crippen LogP contribution in [0.5, 0.6) is 46.0 Å². The van der Waals surface area contributed by atoms with E-state index in [-0.39, 0.29) is 32.3 Å². The van der Waals surface area contributed by atoms with Gasteiger partial charge in [-0.15, -0.1) is 0 Å². The summed E-state index contributed by atoms with van der Waals surface area (Å²) in [6.07, 6.45) is 0. The van der Waals surface area contributed by atoms with Gasteiger partial charge < -0.3 is 28.7 Å². The number of fused-ring (bicyclic) bond motifs is 23. The summed E-state index contributed by atoms with van der Waals surface area (Å²) in [7, 11) is 0. The molecule has 0 aromatic heterocycles. The van der Waals surface area contributed by atoms with Crippen molar-refractivity contribution in [2.45, 2.75) is 19.3 Å². The van der Waals surface area contributed by atoms with Gasteiger partial charge in [0.1, 0.15) is 46.0 Å². The van der Waals surface area contributed by atoms with Gasteiger partial charge in [0.2, 0.25) is 0 Å². The Balaban J connectivity index is 0.832. The molecule has 10 aromatic carbocycles. The van der Waals surface area contributed by atoms with Crippen molar-refractivity contribution in [3.8, 4) is 57.1 Å². The van der Waals surface area contributed by atoms with Crippen LogP contribution in [0.25, 0.3) is 11.1 Å². The first kappa shape index (κ1) is 38.0. The Morgan fingerprint density at radius 2 is 0.603 bits per heavy atom. The minimum Gasteiger partial charge on any atom is -0.458 e. The van der Waals surface area contributed by atoms with E-state index < -0.39 is 0 Å². The fourth-order valence-corrected chi connectivity index (χ4v) is 15.2. The molecule has 0 unspecified atom stereocenters. The molecule has 8 heterocycles. The van der Waals surface area contributed by atoms with Gasteiger partial charge in [0, 0.05) is 51.7 Å². The molecule has 0 bridgehead atoms. The summed E-state index contributed by atoms with van der Waals surface area (Å²) in [4.78, 5) is 4.99. The highest BCUT2D eigenvalue weighted by molar-refractivity contribution is 7.05. The Hall–Kier alpha value is -8.74. The predicted octanol–water partition coefficient (Wildman–Crippen LogP) is 6.67. The van der Waals surface area contributed by atoms with E-state index in [0.29, 0.717) is 0 Å². The van der Waals surface area contributed by atoms with Crippen LogP contribution in [-0.2, 0) is 5.41 Å². The van der Waals surface area contributed by atoms with Crippen molar-refractivity contribution in [1.82, 2.24) is 0 Å². The van der Waals surface area contributed by atoms with E-state index in [0.717, 1.165) is 46.0 Å². The topological polar surface area (TPSA) is 43.4 Å². The average molecular weight is 928 g/mol. The van der Waals surface area contributed by atoms with Gasteiger partial charge in [-0.1, -0.05) is 135 Å². The lowest BCUT2D eigenvalue weighted by molar-refractivity contribution is 0.464. The van der Waals surface area contributed by atoms with Crippen LogP contribution in [0.1, 0.15) is 25.0 Å². The first-order valence-corrected chi connectivity index (χ1v) is 25.6. The van der Waals surface area contributed by atoms with E-state index in [1.807, 2.05) is 0 Å². The maximum atomic E-state index is 7.32. The van der Waals surface area contributed by atoms with Crippen molar-refractivity contribution >= 4 is 127 Å². The molecule has 0 atom stereocenters. The zero-order valence-corrected chi connectivity index (χ0v) is 39.7. The van der Waals surface area contributed by atoms with E-state index in [2.05, 4.69) is 206 Å². The summed E-state index contributed by atoms with van der Waals surface area (Å²) >= 11 is 0. The van der Waals surface area contributed by atoms with Gasteiger partial charge in [0.15, 0.2) is 0 Å².